The number of β-amino-alcohol motifs (C(OH)–C–C–N with tert-alkyl or cyclic N) is 1. The molecule has 1 atom stereocenters. The van der Waals surface area contributed by atoms with Gasteiger partial charge in [0.1, 0.15) is 16.5 Å². The summed E-state index contributed by atoms with van der Waals surface area (Å²) in [6.45, 7) is 1.08. The Labute approximate surface area is 133 Å². The van der Waals surface area contributed by atoms with E-state index in [2.05, 4.69) is 4.98 Å². The van der Waals surface area contributed by atoms with Crippen LogP contribution in [0.5, 0.6) is 5.75 Å². The number of thiazole rings is 1. The van der Waals surface area contributed by atoms with Gasteiger partial charge >= 0.3 is 0 Å². The molecule has 3 rings (SSSR count). The van der Waals surface area contributed by atoms with Crippen molar-refractivity contribution in [2.24, 2.45) is 0 Å². The van der Waals surface area contributed by atoms with Gasteiger partial charge < -0.3 is 14.7 Å². The van der Waals surface area contributed by atoms with Crippen LogP contribution in [-0.2, 0) is 0 Å². The van der Waals surface area contributed by atoms with Gasteiger partial charge in [-0.1, -0.05) is 0 Å². The number of rotatable bonds is 3. The molecule has 2 aromatic rings. The number of hydrogen-bond acceptors (Lipinski definition) is 5. The number of methoxy groups -OCH3 is 1. The standard InChI is InChI=1S/C16H18N2O3S/c1-21-13-6-4-11(5-7-13)15-17-14(10-22-15)16(20)18-8-2-3-12(19)9-18/h4-7,10,12,19H,2-3,8-9H2,1H3. The van der Waals surface area contributed by atoms with E-state index in [1.807, 2.05) is 24.3 Å². The first-order valence-electron chi connectivity index (χ1n) is 7.24. The van der Waals surface area contributed by atoms with Crippen LogP contribution >= 0.6 is 11.3 Å². The van der Waals surface area contributed by atoms with Crippen molar-refractivity contribution in [3.05, 3.63) is 35.3 Å². The zero-order chi connectivity index (χ0) is 15.5. The van der Waals surface area contributed by atoms with E-state index in [4.69, 9.17) is 4.74 Å². The van der Waals surface area contributed by atoms with Gasteiger partial charge in [0.05, 0.1) is 13.2 Å². The molecule has 1 N–H and O–H groups in total. The normalized spacial score (nSPS) is 18.3. The number of benzene rings is 1. The molecule has 1 aliphatic heterocycles. The van der Waals surface area contributed by atoms with E-state index >= 15 is 0 Å². The van der Waals surface area contributed by atoms with E-state index in [1.54, 1.807) is 17.4 Å². The summed E-state index contributed by atoms with van der Waals surface area (Å²) in [7, 11) is 1.63. The minimum atomic E-state index is -0.419. The number of ether oxygens (including phenoxy) is 1. The molecule has 1 unspecified atom stereocenters. The van der Waals surface area contributed by atoms with Crippen LogP contribution in [0.1, 0.15) is 23.3 Å². The second kappa shape index (κ2) is 6.46. The highest BCUT2D eigenvalue weighted by atomic mass is 32.1. The number of amides is 1. The molecule has 0 radical (unpaired) electrons. The molecule has 0 saturated carbocycles. The first-order valence-corrected chi connectivity index (χ1v) is 8.12. The lowest BCUT2D eigenvalue weighted by molar-refractivity contribution is 0.0469. The van der Waals surface area contributed by atoms with E-state index in [1.165, 1.54) is 11.3 Å². The highest BCUT2D eigenvalue weighted by Gasteiger charge is 2.24. The molecule has 1 aliphatic rings. The van der Waals surface area contributed by atoms with Crippen LogP contribution in [0.3, 0.4) is 0 Å². The van der Waals surface area contributed by atoms with E-state index in [0.29, 0.717) is 18.8 Å². The van der Waals surface area contributed by atoms with Crippen LogP contribution in [0.4, 0.5) is 0 Å². The number of aliphatic hydroxyl groups is 1. The molecule has 1 amide bonds. The van der Waals surface area contributed by atoms with Crippen molar-refractivity contribution in [1.82, 2.24) is 9.88 Å². The maximum absolute atomic E-state index is 12.4. The number of carbonyl (C=O) groups excluding carboxylic acids is 1. The van der Waals surface area contributed by atoms with Crippen LogP contribution in [0, 0.1) is 0 Å². The molecule has 22 heavy (non-hydrogen) atoms. The fourth-order valence-electron chi connectivity index (χ4n) is 2.54. The van der Waals surface area contributed by atoms with Gasteiger partial charge in [-0.2, -0.15) is 0 Å². The molecule has 116 valence electrons. The van der Waals surface area contributed by atoms with E-state index < -0.39 is 6.10 Å². The van der Waals surface area contributed by atoms with Gasteiger partial charge in [0.25, 0.3) is 5.91 Å². The third kappa shape index (κ3) is 3.13. The lowest BCUT2D eigenvalue weighted by Gasteiger charge is -2.29. The maximum atomic E-state index is 12.4. The highest BCUT2D eigenvalue weighted by Crippen LogP contribution is 2.26. The third-order valence-corrected chi connectivity index (χ3v) is 4.64. The van der Waals surface area contributed by atoms with Crippen molar-refractivity contribution in [3.8, 4) is 16.3 Å². The van der Waals surface area contributed by atoms with Gasteiger partial charge in [-0.3, -0.25) is 4.79 Å². The van der Waals surface area contributed by atoms with Gasteiger partial charge in [0.15, 0.2) is 0 Å². The molecular formula is C16H18N2O3S. The first-order chi connectivity index (χ1) is 10.7. The van der Waals surface area contributed by atoms with Crippen LogP contribution < -0.4 is 4.74 Å². The number of aliphatic hydroxyl groups excluding tert-OH is 1. The molecule has 2 heterocycles. The SMILES string of the molecule is COc1ccc(-c2nc(C(=O)N3CCCC(O)C3)cs2)cc1. The van der Waals surface area contributed by atoms with Crippen molar-refractivity contribution in [2.75, 3.05) is 20.2 Å². The summed E-state index contributed by atoms with van der Waals surface area (Å²) in [5, 5.41) is 12.3. The van der Waals surface area contributed by atoms with Crippen molar-refractivity contribution >= 4 is 17.2 Å². The third-order valence-electron chi connectivity index (χ3n) is 3.74. The van der Waals surface area contributed by atoms with Gasteiger partial charge in [-0.15, -0.1) is 11.3 Å². The van der Waals surface area contributed by atoms with Crippen LogP contribution in [0.2, 0.25) is 0 Å². The van der Waals surface area contributed by atoms with Crippen LogP contribution in [0.15, 0.2) is 29.6 Å². The largest absolute Gasteiger partial charge is 0.497 e. The molecule has 0 bridgehead atoms. The Morgan fingerprint density at radius 2 is 2.18 bits per heavy atom. The Bertz CT molecular complexity index is 654. The maximum Gasteiger partial charge on any atom is 0.273 e. The predicted octanol–water partition coefficient (Wildman–Crippen LogP) is 2.42. The van der Waals surface area contributed by atoms with Crippen molar-refractivity contribution in [2.45, 2.75) is 18.9 Å². The Morgan fingerprint density at radius 1 is 1.41 bits per heavy atom. The quantitative estimate of drug-likeness (QED) is 0.944. The van der Waals surface area contributed by atoms with Gasteiger partial charge in [0.2, 0.25) is 0 Å². The number of likely N-dealkylation sites (tertiary alicyclic amines) is 1. The average Bonchev–Trinajstić information content (AvgIpc) is 3.04. The van der Waals surface area contributed by atoms with Crippen LogP contribution in [-0.4, -0.2) is 47.2 Å². The number of nitrogens with zero attached hydrogens (tertiary/aromatic N) is 2. The molecule has 1 aromatic carbocycles. The van der Waals surface area contributed by atoms with E-state index in [9.17, 15) is 9.90 Å². The number of hydrogen-bond donors (Lipinski definition) is 1. The Balaban J connectivity index is 1.76. The second-order valence-corrected chi connectivity index (χ2v) is 6.17. The molecule has 0 spiro atoms. The molecule has 1 saturated heterocycles. The summed E-state index contributed by atoms with van der Waals surface area (Å²) < 4.78 is 5.14. The second-order valence-electron chi connectivity index (χ2n) is 5.31. The minimum Gasteiger partial charge on any atom is -0.497 e. The predicted molar refractivity (Wildman–Crippen MR) is 85.2 cm³/mol. The highest BCUT2D eigenvalue weighted by molar-refractivity contribution is 7.13. The minimum absolute atomic E-state index is 0.102. The molecular weight excluding hydrogens is 300 g/mol. The summed E-state index contributed by atoms with van der Waals surface area (Å²) >= 11 is 1.45. The van der Waals surface area contributed by atoms with Gasteiger partial charge in [0, 0.05) is 24.0 Å². The van der Waals surface area contributed by atoms with Crippen LogP contribution in [0.25, 0.3) is 10.6 Å². The topological polar surface area (TPSA) is 62.7 Å². The van der Waals surface area contributed by atoms with Gasteiger partial charge in [-0.25, -0.2) is 4.98 Å². The monoisotopic (exact) mass is 318 g/mol. The summed E-state index contributed by atoms with van der Waals surface area (Å²) in [4.78, 5) is 18.6. The zero-order valence-corrected chi connectivity index (χ0v) is 13.2. The fourth-order valence-corrected chi connectivity index (χ4v) is 3.34. The van der Waals surface area contributed by atoms with Crippen molar-refractivity contribution < 1.29 is 14.6 Å². The fraction of sp³-hybridized carbons (Fsp3) is 0.375. The summed E-state index contributed by atoms with van der Waals surface area (Å²) in [6, 6.07) is 7.60. The molecule has 1 aromatic heterocycles. The lowest BCUT2D eigenvalue weighted by atomic mass is 10.1. The molecule has 0 aliphatic carbocycles. The van der Waals surface area contributed by atoms with Crippen molar-refractivity contribution in [3.63, 3.8) is 0 Å². The first kappa shape index (κ1) is 15.0. The Kier molecular flexibility index (Phi) is 4.40. The van der Waals surface area contributed by atoms with E-state index in [-0.39, 0.29) is 5.91 Å². The van der Waals surface area contributed by atoms with Gasteiger partial charge in [-0.05, 0) is 37.1 Å². The molecule has 6 heteroatoms. The summed E-state index contributed by atoms with van der Waals surface area (Å²) in [6.07, 6.45) is 1.18. The van der Waals surface area contributed by atoms with Crippen molar-refractivity contribution in [1.29, 1.82) is 0 Å². The molecule has 1 fully saturated rings. The Hall–Kier alpha value is -1.92. The number of carbonyl (C=O) groups is 1. The summed E-state index contributed by atoms with van der Waals surface area (Å²) in [5.74, 6) is 0.689. The smallest absolute Gasteiger partial charge is 0.273 e. The zero-order valence-electron chi connectivity index (χ0n) is 12.4. The summed E-state index contributed by atoms with van der Waals surface area (Å²) in [5.41, 5.74) is 1.41. The average molecular weight is 318 g/mol. The molecule has 5 nitrogen and oxygen atoms in total. The number of piperidine rings is 1. The lowest BCUT2D eigenvalue weighted by Crippen LogP contribution is -2.42. The van der Waals surface area contributed by atoms with E-state index in [0.717, 1.165) is 29.2 Å². The number of aromatic nitrogens is 1. The Morgan fingerprint density at radius 3 is 2.86 bits per heavy atom.